The number of aryl methyl sites for hydroxylation is 1. The summed E-state index contributed by atoms with van der Waals surface area (Å²) in [6.07, 6.45) is 0. The lowest BCUT2D eigenvalue weighted by Crippen LogP contribution is -1.87. The molecule has 3 aromatic heterocycles. The van der Waals surface area contributed by atoms with Gasteiger partial charge >= 0.3 is 0 Å². The van der Waals surface area contributed by atoms with Crippen molar-refractivity contribution in [2.24, 2.45) is 10.2 Å². The largest absolute Gasteiger partial charge is 0.505 e. The quantitative estimate of drug-likeness (QED) is 0.563. The first-order valence-electron chi connectivity index (χ1n) is 6.03. The summed E-state index contributed by atoms with van der Waals surface area (Å²) in [7, 11) is 0. The van der Waals surface area contributed by atoms with Crippen molar-refractivity contribution in [2.75, 3.05) is 0 Å². The van der Waals surface area contributed by atoms with Crippen molar-refractivity contribution in [3.8, 4) is 11.8 Å². The van der Waals surface area contributed by atoms with Crippen molar-refractivity contribution in [1.82, 2.24) is 14.3 Å². The van der Waals surface area contributed by atoms with Gasteiger partial charge in [0.05, 0.1) is 16.6 Å². The van der Waals surface area contributed by atoms with Crippen LogP contribution in [0.15, 0.2) is 28.4 Å². The van der Waals surface area contributed by atoms with Gasteiger partial charge in [0.25, 0.3) is 0 Å². The molecule has 108 valence electrons. The fourth-order valence-electron chi connectivity index (χ4n) is 1.71. The molecule has 7 nitrogen and oxygen atoms in total. The molecule has 0 aromatic carbocycles. The number of fused-ring (bicyclic) bond motifs is 1. The molecule has 0 unspecified atom stereocenters. The van der Waals surface area contributed by atoms with Crippen LogP contribution in [0.25, 0.3) is 11.0 Å². The van der Waals surface area contributed by atoms with Crippen LogP contribution in [-0.2, 0) is 0 Å². The molecule has 0 aliphatic carbocycles. The summed E-state index contributed by atoms with van der Waals surface area (Å²) in [6.45, 7) is 1.75. The molecule has 3 rings (SSSR count). The first kappa shape index (κ1) is 14.3. The van der Waals surface area contributed by atoms with E-state index in [9.17, 15) is 5.11 Å². The standard InChI is InChI=1S/C13H7ClN6OS/c1-6-7(5-15)4-8-12(16-6)20-22-13(8)19-18-10-3-2-9(21)11(14)17-10/h2-4,21H,1H3/b19-18+. The summed E-state index contributed by atoms with van der Waals surface area (Å²) >= 11 is 6.83. The molecule has 0 radical (unpaired) electrons. The van der Waals surface area contributed by atoms with E-state index in [0.29, 0.717) is 27.3 Å². The number of aromatic hydroxyl groups is 1. The lowest BCUT2D eigenvalue weighted by molar-refractivity contribution is 0.473. The highest BCUT2D eigenvalue weighted by Gasteiger charge is 2.10. The van der Waals surface area contributed by atoms with E-state index < -0.39 is 0 Å². The Morgan fingerprint density at radius 3 is 2.86 bits per heavy atom. The van der Waals surface area contributed by atoms with Crippen LogP contribution in [0.4, 0.5) is 10.8 Å². The Balaban J connectivity index is 2.02. The lowest BCUT2D eigenvalue weighted by atomic mass is 10.2. The van der Waals surface area contributed by atoms with E-state index in [1.165, 1.54) is 12.1 Å². The molecular weight excluding hydrogens is 324 g/mol. The Morgan fingerprint density at radius 1 is 1.32 bits per heavy atom. The van der Waals surface area contributed by atoms with Gasteiger partial charge in [-0.25, -0.2) is 9.97 Å². The van der Waals surface area contributed by atoms with E-state index in [4.69, 9.17) is 16.9 Å². The number of aromatic nitrogens is 3. The van der Waals surface area contributed by atoms with Crippen molar-refractivity contribution >= 4 is 45.0 Å². The molecule has 0 aliphatic rings. The van der Waals surface area contributed by atoms with Gasteiger partial charge < -0.3 is 5.11 Å². The molecule has 1 N–H and O–H groups in total. The third kappa shape index (κ3) is 2.59. The molecule has 0 fully saturated rings. The summed E-state index contributed by atoms with van der Waals surface area (Å²) < 4.78 is 4.18. The number of pyridine rings is 2. The van der Waals surface area contributed by atoms with E-state index >= 15 is 0 Å². The monoisotopic (exact) mass is 330 g/mol. The fourth-order valence-corrected chi connectivity index (χ4v) is 2.50. The van der Waals surface area contributed by atoms with Crippen molar-refractivity contribution in [3.63, 3.8) is 0 Å². The molecule has 9 heteroatoms. The van der Waals surface area contributed by atoms with Gasteiger partial charge in [-0.3, -0.25) is 0 Å². The Kier molecular flexibility index (Phi) is 3.66. The maximum atomic E-state index is 9.31. The molecule has 0 amide bonds. The SMILES string of the molecule is Cc1nc2nsc(/N=N/c3ccc(O)c(Cl)n3)c2cc1C#N. The van der Waals surface area contributed by atoms with Gasteiger partial charge in [-0.2, -0.15) is 9.64 Å². The number of hydrogen-bond donors (Lipinski definition) is 1. The van der Waals surface area contributed by atoms with Gasteiger partial charge in [0.1, 0.15) is 6.07 Å². The maximum Gasteiger partial charge on any atom is 0.176 e. The Morgan fingerprint density at radius 2 is 2.14 bits per heavy atom. The molecule has 0 saturated carbocycles. The summed E-state index contributed by atoms with van der Waals surface area (Å²) in [6, 6.07) is 6.63. The van der Waals surface area contributed by atoms with E-state index in [1.54, 1.807) is 13.0 Å². The summed E-state index contributed by atoms with van der Waals surface area (Å²) in [5.41, 5.74) is 1.61. The highest BCUT2D eigenvalue weighted by Crippen LogP contribution is 2.32. The first-order valence-corrected chi connectivity index (χ1v) is 7.18. The molecule has 0 bridgehead atoms. The fraction of sp³-hybridized carbons (Fsp3) is 0.0769. The summed E-state index contributed by atoms with van der Waals surface area (Å²) in [5, 5.41) is 27.5. The highest BCUT2D eigenvalue weighted by molar-refractivity contribution is 7.11. The first-order chi connectivity index (χ1) is 10.6. The predicted molar refractivity (Wildman–Crippen MR) is 82.0 cm³/mol. The predicted octanol–water partition coefficient (Wildman–Crippen LogP) is 4.04. The molecule has 3 heterocycles. The molecule has 22 heavy (non-hydrogen) atoms. The number of nitrogens with zero attached hydrogens (tertiary/aromatic N) is 6. The number of azo groups is 1. The van der Waals surface area contributed by atoms with Crippen molar-refractivity contribution in [2.45, 2.75) is 6.92 Å². The average molecular weight is 331 g/mol. The molecule has 0 atom stereocenters. The minimum atomic E-state index is -0.123. The zero-order chi connectivity index (χ0) is 15.7. The minimum Gasteiger partial charge on any atom is -0.505 e. The second-order valence-electron chi connectivity index (χ2n) is 4.27. The van der Waals surface area contributed by atoms with E-state index in [0.717, 1.165) is 11.5 Å². The average Bonchev–Trinajstić information content (AvgIpc) is 2.89. The van der Waals surface area contributed by atoms with Gasteiger partial charge in [-0.05, 0) is 36.7 Å². The van der Waals surface area contributed by atoms with Crippen LogP contribution in [0.5, 0.6) is 5.75 Å². The minimum absolute atomic E-state index is 0.0466. The molecule has 3 aromatic rings. The second kappa shape index (κ2) is 5.63. The van der Waals surface area contributed by atoms with Crippen molar-refractivity contribution in [3.05, 3.63) is 34.6 Å². The molecule has 0 spiro atoms. The normalized spacial score (nSPS) is 11.1. The Labute approximate surface area is 133 Å². The topological polar surface area (TPSA) is 107 Å². The third-order valence-corrected chi connectivity index (χ3v) is 3.84. The lowest BCUT2D eigenvalue weighted by Gasteiger charge is -1.96. The summed E-state index contributed by atoms with van der Waals surface area (Å²) in [5.74, 6) is 0.132. The highest BCUT2D eigenvalue weighted by atomic mass is 35.5. The number of nitriles is 1. The van der Waals surface area contributed by atoms with E-state index in [2.05, 4.69) is 30.6 Å². The number of rotatable bonds is 2. The van der Waals surface area contributed by atoms with Gasteiger partial charge in [0.15, 0.2) is 27.4 Å². The maximum absolute atomic E-state index is 9.31. The van der Waals surface area contributed by atoms with Crippen LogP contribution in [0, 0.1) is 18.3 Å². The molecule has 0 saturated heterocycles. The van der Waals surface area contributed by atoms with E-state index in [1.807, 2.05) is 0 Å². The zero-order valence-corrected chi connectivity index (χ0v) is 12.7. The molecular formula is C13H7ClN6OS. The van der Waals surface area contributed by atoms with Gasteiger partial charge in [-0.1, -0.05) is 11.6 Å². The second-order valence-corrected chi connectivity index (χ2v) is 5.38. The summed E-state index contributed by atoms with van der Waals surface area (Å²) in [4.78, 5) is 8.12. The number of hydrogen-bond acceptors (Lipinski definition) is 8. The van der Waals surface area contributed by atoms with Crippen LogP contribution in [-0.4, -0.2) is 19.4 Å². The van der Waals surface area contributed by atoms with Crippen LogP contribution in [0.1, 0.15) is 11.3 Å². The zero-order valence-electron chi connectivity index (χ0n) is 11.1. The Bertz CT molecular complexity index is 946. The third-order valence-electron chi connectivity index (χ3n) is 2.82. The van der Waals surface area contributed by atoms with Gasteiger partial charge in [0.2, 0.25) is 0 Å². The van der Waals surface area contributed by atoms with Crippen LogP contribution < -0.4 is 0 Å². The van der Waals surface area contributed by atoms with Crippen LogP contribution in [0.3, 0.4) is 0 Å². The number of halogens is 1. The van der Waals surface area contributed by atoms with Crippen LogP contribution in [0.2, 0.25) is 5.15 Å². The van der Waals surface area contributed by atoms with E-state index in [-0.39, 0.29) is 16.7 Å². The smallest absolute Gasteiger partial charge is 0.176 e. The van der Waals surface area contributed by atoms with Gasteiger partial charge in [0, 0.05) is 0 Å². The Hall–Kier alpha value is -2.63. The van der Waals surface area contributed by atoms with Crippen molar-refractivity contribution < 1.29 is 5.11 Å². The van der Waals surface area contributed by atoms with Crippen molar-refractivity contribution in [1.29, 1.82) is 5.26 Å². The van der Waals surface area contributed by atoms with Gasteiger partial charge in [-0.15, -0.1) is 10.2 Å². The van der Waals surface area contributed by atoms with Crippen LogP contribution >= 0.6 is 23.1 Å². The molecule has 0 aliphatic heterocycles.